The summed E-state index contributed by atoms with van der Waals surface area (Å²) in [4.78, 5) is 34.4. The Bertz CT molecular complexity index is 1010. The Morgan fingerprint density at radius 2 is 2.20 bits per heavy atom. The fourth-order valence-electron chi connectivity index (χ4n) is 2.86. The Balaban J connectivity index is 2.02. The molecule has 1 aliphatic rings. The van der Waals surface area contributed by atoms with Crippen molar-refractivity contribution in [3.8, 4) is 0 Å². The topological polar surface area (TPSA) is 81.1 Å². The molecule has 0 saturated carbocycles. The van der Waals surface area contributed by atoms with Crippen molar-refractivity contribution >= 4 is 45.5 Å². The van der Waals surface area contributed by atoms with Crippen LogP contribution in [-0.2, 0) is 25.5 Å². The van der Waals surface area contributed by atoms with Crippen LogP contribution in [0.1, 0.15) is 29.2 Å². The van der Waals surface area contributed by atoms with Gasteiger partial charge in [0.05, 0.1) is 44.3 Å². The van der Waals surface area contributed by atoms with E-state index in [2.05, 4.69) is 25.9 Å². The second-order valence-electron chi connectivity index (χ2n) is 6.28. The van der Waals surface area contributed by atoms with Gasteiger partial charge in [-0.15, -0.1) is 11.3 Å². The fraction of sp³-hybridized carbons (Fsp3) is 0.300. The fourth-order valence-corrected chi connectivity index (χ4v) is 4.37. The highest BCUT2D eigenvalue weighted by atomic mass is 79.9. The molecule has 2 heterocycles. The number of halogens is 2. The maximum Gasteiger partial charge on any atom is 0.337 e. The van der Waals surface area contributed by atoms with Gasteiger partial charge in [0.2, 0.25) is 0 Å². The molecule has 1 aliphatic heterocycles. The van der Waals surface area contributed by atoms with E-state index in [0.717, 1.165) is 5.56 Å². The number of hydrogen-bond acceptors (Lipinski definition) is 8. The molecular formula is C20H19BrFN3O4S. The number of thiazole rings is 1. The SMILES string of the molecule is CCOC(=O)C1=CN(C(c2nc(CC(=O)OC)cs2)c2ccc(F)cc2Br)C=NC1. The highest BCUT2D eigenvalue weighted by molar-refractivity contribution is 9.10. The van der Waals surface area contributed by atoms with Gasteiger partial charge in [-0.25, -0.2) is 14.2 Å². The number of aliphatic imine (C=N–C) groups is 1. The second-order valence-corrected chi connectivity index (χ2v) is 8.02. The number of methoxy groups -OCH3 is 1. The van der Waals surface area contributed by atoms with E-state index < -0.39 is 18.0 Å². The molecule has 158 valence electrons. The molecule has 0 spiro atoms. The van der Waals surface area contributed by atoms with Gasteiger partial charge in [0.25, 0.3) is 0 Å². The lowest BCUT2D eigenvalue weighted by Gasteiger charge is -2.29. The van der Waals surface area contributed by atoms with Crippen molar-refractivity contribution in [2.45, 2.75) is 19.4 Å². The smallest absolute Gasteiger partial charge is 0.337 e. The Hall–Kier alpha value is -2.59. The number of carbonyl (C=O) groups excluding carboxylic acids is 2. The van der Waals surface area contributed by atoms with Crippen molar-refractivity contribution in [1.29, 1.82) is 0 Å². The first-order valence-corrected chi connectivity index (χ1v) is 10.7. The van der Waals surface area contributed by atoms with E-state index in [0.29, 0.717) is 20.7 Å². The molecular weight excluding hydrogens is 477 g/mol. The zero-order chi connectivity index (χ0) is 21.7. The van der Waals surface area contributed by atoms with E-state index in [-0.39, 0.29) is 25.4 Å². The summed E-state index contributed by atoms with van der Waals surface area (Å²) in [5.41, 5.74) is 1.69. The van der Waals surface area contributed by atoms with Gasteiger partial charge >= 0.3 is 11.9 Å². The largest absolute Gasteiger partial charge is 0.469 e. The molecule has 10 heteroatoms. The van der Waals surface area contributed by atoms with Crippen LogP contribution in [0.2, 0.25) is 0 Å². The van der Waals surface area contributed by atoms with Crippen LogP contribution in [0.5, 0.6) is 0 Å². The molecule has 1 aromatic carbocycles. The van der Waals surface area contributed by atoms with Crippen LogP contribution in [0.4, 0.5) is 4.39 Å². The summed E-state index contributed by atoms with van der Waals surface area (Å²) in [6, 6.07) is 3.87. The molecule has 1 aromatic heterocycles. The van der Waals surface area contributed by atoms with Crippen LogP contribution >= 0.6 is 27.3 Å². The summed E-state index contributed by atoms with van der Waals surface area (Å²) in [5, 5.41) is 2.42. The van der Waals surface area contributed by atoms with Gasteiger partial charge in [-0.1, -0.05) is 22.0 Å². The lowest BCUT2D eigenvalue weighted by molar-refractivity contribution is -0.140. The molecule has 1 atom stereocenters. The zero-order valence-electron chi connectivity index (χ0n) is 16.3. The van der Waals surface area contributed by atoms with Gasteiger partial charge in [0.1, 0.15) is 16.9 Å². The molecule has 0 saturated heterocycles. The predicted molar refractivity (Wildman–Crippen MR) is 114 cm³/mol. The van der Waals surface area contributed by atoms with Crippen LogP contribution in [0, 0.1) is 5.82 Å². The normalized spacial score (nSPS) is 14.3. The summed E-state index contributed by atoms with van der Waals surface area (Å²) in [6.45, 7) is 2.20. The Labute approximate surface area is 185 Å². The molecule has 0 N–H and O–H groups in total. The summed E-state index contributed by atoms with van der Waals surface area (Å²) in [5.74, 6) is -1.22. The van der Waals surface area contributed by atoms with Gasteiger partial charge in [-0.2, -0.15) is 0 Å². The first-order chi connectivity index (χ1) is 14.4. The lowest BCUT2D eigenvalue weighted by atomic mass is 10.1. The monoisotopic (exact) mass is 495 g/mol. The summed E-state index contributed by atoms with van der Waals surface area (Å²) in [7, 11) is 1.32. The molecule has 0 fully saturated rings. The zero-order valence-corrected chi connectivity index (χ0v) is 18.7. The molecule has 0 aliphatic carbocycles. The quantitative estimate of drug-likeness (QED) is 0.545. The standard InChI is InChI=1S/C20H19BrFN3O4S/c1-3-29-20(27)12-8-23-11-25(9-12)18(15-5-4-13(22)6-16(15)21)19-24-14(10-30-19)7-17(26)28-2/h4-6,9-11,18H,3,7-8H2,1-2H3. The maximum atomic E-state index is 13.7. The van der Waals surface area contributed by atoms with Crippen LogP contribution in [-0.4, -0.2) is 48.4 Å². The second kappa shape index (κ2) is 9.94. The van der Waals surface area contributed by atoms with Gasteiger partial charge < -0.3 is 14.4 Å². The highest BCUT2D eigenvalue weighted by Gasteiger charge is 2.28. The first-order valence-electron chi connectivity index (χ1n) is 9.04. The van der Waals surface area contributed by atoms with E-state index in [1.165, 1.54) is 30.6 Å². The number of esters is 2. The Morgan fingerprint density at radius 1 is 1.40 bits per heavy atom. The van der Waals surface area contributed by atoms with Crippen molar-refractivity contribution in [2.75, 3.05) is 20.3 Å². The van der Waals surface area contributed by atoms with Crippen molar-refractivity contribution < 1.29 is 23.5 Å². The summed E-state index contributed by atoms with van der Waals surface area (Å²) in [6.07, 6.45) is 3.31. The minimum absolute atomic E-state index is 0.0440. The van der Waals surface area contributed by atoms with Gasteiger partial charge in [0, 0.05) is 16.1 Å². The number of ether oxygens (including phenoxy) is 2. The third-order valence-electron chi connectivity index (χ3n) is 4.23. The number of aromatic nitrogens is 1. The maximum absolute atomic E-state index is 13.7. The molecule has 30 heavy (non-hydrogen) atoms. The van der Waals surface area contributed by atoms with E-state index in [1.807, 2.05) is 0 Å². The summed E-state index contributed by atoms with van der Waals surface area (Å²) < 4.78 is 24.0. The first kappa shape index (κ1) is 22.1. The van der Waals surface area contributed by atoms with Crippen molar-refractivity contribution in [1.82, 2.24) is 9.88 Å². The van der Waals surface area contributed by atoms with Crippen LogP contribution in [0.3, 0.4) is 0 Å². The van der Waals surface area contributed by atoms with Gasteiger partial charge in [0.15, 0.2) is 0 Å². The third-order valence-corrected chi connectivity index (χ3v) is 5.86. The van der Waals surface area contributed by atoms with Gasteiger partial charge in [-0.3, -0.25) is 9.79 Å². The van der Waals surface area contributed by atoms with Crippen LogP contribution in [0.25, 0.3) is 0 Å². The van der Waals surface area contributed by atoms with Gasteiger partial charge in [-0.05, 0) is 24.6 Å². The summed E-state index contributed by atoms with van der Waals surface area (Å²) >= 11 is 4.77. The van der Waals surface area contributed by atoms with E-state index >= 15 is 0 Å². The van der Waals surface area contributed by atoms with Crippen molar-refractivity contribution in [2.24, 2.45) is 4.99 Å². The van der Waals surface area contributed by atoms with Crippen molar-refractivity contribution in [3.63, 3.8) is 0 Å². The van der Waals surface area contributed by atoms with E-state index in [9.17, 15) is 14.0 Å². The molecule has 1 unspecified atom stereocenters. The number of hydrogen-bond donors (Lipinski definition) is 0. The predicted octanol–water partition coefficient (Wildman–Crippen LogP) is 3.64. The molecule has 2 aromatic rings. The molecule has 0 amide bonds. The minimum Gasteiger partial charge on any atom is -0.469 e. The molecule has 3 rings (SSSR count). The van der Waals surface area contributed by atoms with Crippen LogP contribution in [0.15, 0.2) is 44.8 Å². The average molecular weight is 496 g/mol. The third kappa shape index (κ3) is 5.11. The highest BCUT2D eigenvalue weighted by Crippen LogP contribution is 2.36. The average Bonchev–Trinajstić information content (AvgIpc) is 3.18. The molecule has 7 nitrogen and oxygen atoms in total. The van der Waals surface area contributed by atoms with E-state index in [4.69, 9.17) is 9.47 Å². The molecule has 0 radical (unpaired) electrons. The lowest BCUT2D eigenvalue weighted by Crippen LogP contribution is -2.29. The number of carbonyl (C=O) groups is 2. The number of benzene rings is 1. The number of rotatable bonds is 7. The molecule has 0 bridgehead atoms. The Kier molecular flexibility index (Phi) is 7.33. The van der Waals surface area contributed by atoms with Crippen molar-refractivity contribution in [3.05, 3.63) is 61.9 Å². The van der Waals surface area contributed by atoms with E-state index in [1.54, 1.807) is 35.8 Å². The Morgan fingerprint density at radius 3 is 2.90 bits per heavy atom. The number of nitrogens with zero attached hydrogens (tertiary/aromatic N) is 3. The van der Waals surface area contributed by atoms with Crippen LogP contribution < -0.4 is 0 Å². The minimum atomic E-state index is -0.496.